The molecule has 1 aliphatic heterocycles. The molecule has 1 aliphatic rings. The second kappa shape index (κ2) is 5.52. The standard InChI is InChI=1S/C15H17ClF3NO/c1-14(2,3)8-9-7-12(20-21-9)10-5-4-6-11(13(10)16)15(17,18)19/h4-6,9H,7-8H2,1-3H3. The first-order chi connectivity index (χ1) is 9.58. The molecule has 0 aromatic heterocycles. The molecule has 1 aromatic rings. The van der Waals surface area contributed by atoms with Gasteiger partial charge in [0.1, 0.15) is 6.10 Å². The minimum absolute atomic E-state index is 0.0627. The number of oxime groups is 1. The average molecular weight is 320 g/mol. The second-order valence-corrected chi connectivity index (χ2v) is 6.78. The van der Waals surface area contributed by atoms with Crippen LogP contribution in [0.4, 0.5) is 13.2 Å². The lowest BCUT2D eigenvalue weighted by Crippen LogP contribution is -2.18. The van der Waals surface area contributed by atoms with Crippen LogP contribution in [0.3, 0.4) is 0 Å². The molecular weight excluding hydrogens is 303 g/mol. The van der Waals surface area contributed by atoms with Crippen LogP contribution in [-0.2, 0) is 11.0 Å². The van der Waals surface area contributed by atoms with Gasteiger partial charge in [-0.25, -0.2) is 0 Å². The quantitative estimate of drug-likeness (QED) is 0.726. The van der Waals surface area contributed by atoms with Crippen molar-refractivity contribution in [2.24, 2.45) is 10.6 Å². The fourth-order valence-corrected chi connectivity index (χ4v) is 2.70. The Morgan fingerprint density at radius 3 is 2.52 bits per heavy atom. The van der Waals surface area contributed by atoms with Gasteiger partial charge in [0.15, 0.2) is 0 Å². The van der Waals surface area contributed by atoms with Crippen LogP contribution in [0.15, 0.2) is 23.4 Å². The van der Waals surface area contributed by atoms with E-state index in [0.717, 1.165) is 12.5 Å². The first kappa shape index (κ1) is 16.1. The highest BCUT2D eigenvalue weighted by molar-refractivity contribution is 6.35. The molecule has 1 unspecified atom stereocenters. The second-order valence-electron chi connectivity index (χ2n) is 6.40. The van der Waals surface area contributed by atoms with Gasteiger partial charge in [0.05, 0.1) is 16.3 Å². The van der Waals surface area contributed by atoms with Gasteiger partial charge in [-0.3, -0.25) is 0 Å². The van der Waals surface area contributed by atoms with Crippen LogP contribution in [0.1, 0.15) is 44.7 Å². The summed E-state index contributed by atoms with van der Waals surface area (Å²) in [6, 6.07) is 3.84. The third kappa shape index (κ3) is 3.90. The highest BCUT2D eigenvalue weighted by Crippen LogP contribution is 2.38. The Hall–Kier alpha value is -1.23. The molecule has 116 valence electrons. The van der Waals surface area contributed by atoms with Gasteiger partial charge in [0.25, 0.3) is 0 Å². The molecule has 0 aliphatic carbocycles. The van der Waals surface area contributed by atoms with Crippen LogP contribution in [-0.4, -0.2) is 11.8 Å². The maximum absolute atomic E-state index is 12.9. The van der Waals surface area contributed by atoms with Crippen LogP contribution in [0.5, 0.6) is 0 Å². The minimum Gasteiger partial charge on any atom is -0.392 e. The molecule has 0 radical (unpaired) electrons. The number of halogens is 4. The smallest absolute Gasteiger partial charge is 0.392 e. The van der Waals surface area contributed by atoms with Crippen LogP contribution < -0.4 is 0 Å². The number of alkyl halides is 3. The first-order valence-corrected chi connectivity index (χ1v) is 7.04. The van der Waals surface area contributed by atoms with Gasteiger partial charge in [-0.1, -0.05) is 49.7 Å². The summed E-state index contributed by atoms with van der Waals surface area (Å²) in [5, 5.41) is 3.60. The molecule has 2 rings (SSSR count). The zero-order valence-electron chi connectivity index (χ0n) is 12.1. The van der Waals surface area contributed by atoms with Crippen LogP contribution in [0, 0.1) is 5.41 Å². The largest absolute Gasteiger partial charge is 0.417 e. The van der Waals surface area contributed by atoms with E-state index in [-0.39, 0.29) is 16.5 Å². The highest BCUT2D eigenvalue weighted by Gasteiger charge is 2.35. The molecule has 0 saturated heterocycles. The van der Waals surface area contributed by atoms with Crippen molar-refractivity contribution in [2.45, 2.75) is 45.9 Å². The lowest BCUT2D eigenvalue weighted by Gasteiger charge is -2.21. The van der Waals surface area contributed by atoms with E-state index in [0.29, 0.717) is 17.7 Å². The molecule has 0 fully saturated rings. The molecule has 0 amide bonds. The molecule has 1 atom stereocenters. The number of nitrogens with zero attached hydrogens (tertiary/aromatic N) is 1. The van der Waals surface area contributed by atoms with Gasteiger partial charge in [-0.2, -0.15) is 13.2 Å². The van der Waals surface area contributed by atoms with Gasteiger partial charge in [0.2, 0.25) is 0 Å². The lowest BCUT2D eigenvalue weighted by atomic mass is 9.87. The Bertz CT molecular complexity index is 561. The van der Waals surface area contributed by atoms with Crippen molar-refractivity contribution in [3.63, 3.8) is 0 Å². The third-order valence-electron chi connectivity index (χ3n) is 3.19. The van der Waals surface area contributed by atoms with Crippen molar-refractivity contribution in [3.8, 4) is 0 Å². The number of hydrogen-bond acceptors (Lipinski definition) is 2. The molecule has 2 nitrogen and oxygen atoms in total. The van der Waals surface area contributed by atoms with Gasteiger partial charge in [-0.15, -0.1) is 0 Å². The molecule has 0 bridgehead atoms. The van der Waals surface area contributed by atoms with E-state index in [1.165, 1.54) is 6.07 Å². The average Bonchev–Trinajstić information content (AvgIpc) is 2.73. The van der Waals surface area contributed by atoms with Gasteiger partial charge in [-0.05, 0) is 17.9 Å². The normalized spacial score (nSPS) is 19.4. The van der Waals surface area contributed by atoms with E-state index in [2.05, 4.69) is 25.9 Å². The Balaban J connectivity index is 2.21. The molecule has 0 N–H and O–H groups in total. The van der Waals surface area contributed by atoms with Crippen LogP contribution in [0.2, 0.25) is 5.02 Å². The van der Waals surface area contributed by atoms with Gasteiger partial charge >= 0.3 is 6.18 Å². The molecular formula is C15H17ClF3NO. The molecule has 1 heterocycles. The summed E-state index contributed by atoms with van der Waals surface area (Å²) in [5.74, 6) is 0. The summed E-state index contributed by atoms with van der Waals surface area (Å²) < 4.78 is 38.6. The van der Waals surface area contributed by atoms with Gasteiger partial charge in [0, 0.05) is 12.0 Å². The predicted octanol–water partition coefficient (Wildman–Crippen LogP) is 5.29. The van der Waals surface area contributed by atoms with Crippen molar-refractivity contribution < 1.29 is 18.0 Å². The summed E-state index contributed by atoms with van der Waals surface area (Å²) in [7, 11) is 0. The maximum atomic E-state index is 12.9. The van der Waals surface area contributed by atoms with Crippen LogP contribution >= 0.6 is 11.6 Å². The van der Waals surface area contributed by atoms with E-state index in [1.807, 2.05) is 0 Å². The monoisotopic (exact) mass is 319 g/mol. The van der Waals surface area contributed by atoms with Crippen molar-refractivity contribution in [3.05, 3.63) is 34.3 Å². The molecule has 6 heteroatoms. The highest BCUT2D eigenvalue weighted by atomic mass is 35.5. The topological polar surface area (TPSA) is 21.6 Å². The van der Waals surface area contributed by atoms with E-state index in [4.69, 9.17) is 16.4 Å². The minimum atomic E-state index is -4.47. The SMILES string of the molecule is CC(C)(C)CC1CC(c2cccc(C(F)(F)F)c2Cl)=NO1. The summed E-state index contributed by atoms with van der Waals surface area (Å²) in [4.78, 5) is 5.32. The van der Waals surface area contributed by atoms with E-state index in [9.17, 15) is 13.2 Å². The fourth-order valence-electron chi connectivity index (χ4n) is 2.35. The summed E-state index contributed by atoms with van der Waals surface area (Å²) in [6.45, 7) is 6.23. The molecule has 0 saturated carbocycles. The molecule has 1 aromatic carbocycles. The lowest BCUT2D eigenvalue weighted by molar-refractivity contribution is -0.137. The van der Waals surface area contributed by atoms with Crippen molar-refractivity contribution in [1.82, 2.24) is 0 Å². The zero-order valence-corrected chi connectivity index (χ0v) is 12.8. The summed E-state index contributed by atoms with van der Waals surface area (Å²) in [6.07, 6.45) is -3.35. The summed E-state index contributed by atoms with van der Waals surface area (Å²) in [5.41, 5.74) is -0.0142. The Morgan fingerprint density at radius 1 is 1.29 bits per heavy atom. The fraction of sp³-hybridized carbons (Fsp3) is 0.533. The van der Waals surface area contributed by atoms with Crippen LogP contribution in [0.25, 0.3) is 0 Å². The van der Waals surface area contributed by atoms with Crippen molar-refractivity contribution in [1.29, 1.82) is 0 Å². The van der Waals surface area contributed by atoms with Crippen molar-refractivity contribution in [2.75, 3.05) is 0 Å². The number of rotatable bonds is 2. The number of hydrogen-bond donors (Lipinski definition) is 0. The van der Waals surface area contributed by atoms with E-state index < -0.39 is 11.7 Å². The maximum Gasteiger partial charge on any atom is 0.417 e. The molecule has 0 spiro atoms. The number of benzene rings is 1. The van der Waals surface area contributed by atoms with Gasteiger partial charge < -0.3 is 4.84 Å². The van der Waals surface area contributed by atoms with E-state index >= 15 is 0 Å². The Morgan fingerprint density at radius 2 is 1.95 bits per heavy atom. The Kier molecular flexibility index (Phi) is 4.24. The zero-order chi connectivity index (χ0) is 15.8. The predicted molar refractivity (Wildman–Crippen MR) is 76.6 cm³/mol. The molecule has 21 heavy (non-hydrogen) atoms. The van der Waals surface area contributed by atoms with E-state index in [1.54, 1.807) is 6.07 Å². The first-order valence-electron chi connectivity index (χ1n) is 6.67. The Labute approximate surface area is 126 Å². The van der Waals surface area contributed by atoms with Crippen molar-refractivity contribution >= 4 is 17.3 Å². The summed E-state index contributed by atoms with van der Waals surface area (Å²) >= 11 is 5.90. The third-order valence-corrected chi connectivity index (χ3v) is 3.60.